The Morgan fingerprint density at radius 1 is 1.47 bits per heavy atom. The number of benzene rings is 1. The van der Waals surface area contributed by atoms with E-state index in [2.05, 4.69) is 20.9 Å². The van der Waals surface area contributed by atoms with E-state index >= 15 is 0 Å². The fourth-order valence-electron chi connectivity index (χ4n) is 1.85. The minimum Gasteiger partial charge on any atom is -0.481 e. The molecule has 2 aromatic rings. The number of fused-ring (bicyclic) bond motifs is 1. The number of hydrogen-bond acceptors (Lipinski definition) is 1. The summed E-state index contributed by atoms with van der Waals surface area (Å²) in [4.78, 5) is 13.7. The van der Waals surface area contributed by atoms with Crippen LogP contribution in [0.25, 0.3) is 10.9 Å². The molecule has 0 fully saturated rings. The van der Waals surface area contributed by atoms with Crippen molar-refractivity contribution in [3.05, 3.63) is 33.4 Å². The SMILES string of the molecule is O=C(O)CCCc1c(Br)[nH]c2ccc(Cl)cc12. The molecule has 0 unspecified atom stereocenters. The number of H-pyrrole nitrogens is 1. The lowest BCUT2D eigenvalue weighted by Gasteiger charge is -1.99. The van der Waals surface area contributed by atoms with Crippen molar-refractivity contribution in [2.75, 3.05) is 0 Å². The van der Waals surface area contributed by atoms with E-state index < -0.39 is 5.97 Å². The Bertz CT molecular complexity index is 565. The predicted octanol–water partition coefficient (Wildman–Crippen LogP) is 3.99. The van der Waals surface area contributed by atoms with Crippen molar-refractivity contribution in [1.82, 2.24) is 4.98 Å². The van der Waals surface area contributed by atoms with Crippen LogP contribution in [0.3, 0.4) is 0 Å². The monoisotopic (exact) mass is 315 g/mol. The van der Waals surface area contributed by atoms with Gasteiger partial charge in [0.05, 0.1) is 4.60 Å². The third-order valence-electron chi connectivity index (χ3n) is 2.63. The van der Waals surface area contributed by atoms with Gasteiger partial charge in [0.25, 0.3) is 0 Å². The summed E-state index contributed by atoms with van der Waals surface area (Å²) in [6.45, 7) is 0. The molecule has 0 radical (unpaired) electrons. The summed E-state index contributed by atoms with van der Waals surface area (Å²) in [6, 6.07) is 5.64. The number of aliphatic carboxylic acids is 1. The number of hydrogen-bond donors (Lipinski definition) is 2. The second kappa shape index (κ2) is 5.10. The zero-order chi connectivity index (χ0) is 12.4. The maximum Gasteiger partial charge on any atom is 0.303 e. The number of aryl methyl sites for hydroxylation is 1. The summed E-state index contributed by atoms with van der Waals surface area (Å²) in [5.74, 6) is -0.765. The van der Waals surface area contributed by atoms with Crippen LogP contribution in [-0.4, -0.2) is 16.1 Å². The predicted molar refractivity (Wildman–Crippen MR) is 71.6 cm³/mol. The van der Waals surface area contributed by atoms with Gasteiger partial charge in [-0.15, -0.1) is 0 Å². The summed E-state index contributed by atoms with van der Waals surface area (Å²) in [7, 11) is 0. The van der Waals surface area contributed by atoms with Gasteiger partial charge in [-0.25, -0.2) is 0 Å². The first kappa shape index (κ1) is 12.5. The molecule has 0 atom stereocenters. The highest BCUT2D eigenvalue weighted by atomic mass is 79.9. The molecule has 90 valence electrons. The molecule has 0 saturated heterocycles. The van der Waals surface area contributed by atoms with Gasteiger partial charge in [-0.2, -0.15) is 0 Å². The molecule has 0 aliphatic heterocycles. The summed E-state index contributed by atoms with van der Waals surface area (Å²) in [5.41, 5.74) is 2.09. The van der Waals surface area contributed by atoms with E-state index in [1.807, 2.05) is 18.2 Å². The molecule has 0 spiro atoms. The molecule has 2 rings (SSSR count). The van der Waals surface area contributed by atoms with Crippen LogP contribution in [0.2, 0.25) is 5.02 Å². The Hall–Kier alpha value is -1.00. The lowest BCUT2D eigenvalue weighted by atomic mass is 10.1. The third kappa shape index (κ3) is 2.82. The van der Waals surface area contributed by atoms with Crippen LogP contribution in [0, 0.1) is 0 Å². The van der Waals surface area contributed by atoms with Crippen molar-refractivity contribution < 1.29 is 9.90 Å². The minimum atomic E-state index is -0.765. The number of aromatic nitrogens is 1. The summed E-state index contributed by atoms with van der Waals surface area (Å²) < 4.78 is 0.903. The number of carboxylic acid groups (broad SMARTS) is 1. The fourth-order valence-corrected chi connectivity index (χ4v) is 2.65. The fraction of sp³-hybridized carbons (Fsp3) is 0.250. The van der Waals surface area contributed by atoms with Crippen LogP contribution in [0.15, 0.2) is 22.8 Å². The van der Waals surface area contributed by atoms with Gasteiger partial charge in [-0.3, -0.25) is 4.79 Å². The third-order valence-corrected chi connectivity index (χ3v) is 3.55. The molecular weight excluding hydrogens is 305 g/mol. The number of rotatable bonds is 4. The Labute approximate surface area is 112 Å². The lowest BCUT2D eigenvalue weighted by molar-refractivity contribution is -0.137. The molecule has 0 aliphatic rings. The molecule has 17 heavy (non-hydrogen) atoms. The van der Waals surface area contributed by atoms with Gasteiger partial charge in [0.15, 0.2) is 0 Å². The molecular formula is C12H11BrClNO2. The Morgan fingerprint density at radius 2 is 2.24 bits per heavy atom. The maximum atomic E-state index is 10.5. The van der Waals surface area contributed by atoms with Crippen molar-refractivity contribution in [2.24, 2.45) is 0 Å². The van der Waals surface area contributed by atoms with E-state index in [1.54, 1.807) is 0 Å². The first-order chi connectivity index (χ1) is 8.08. The van der Waals surface area contributed by atoms with E-state index in [0.717, 1.165) is 21.1 Å². The van der Waals surface area contributed by atoms with Gasteiger partial charge >= 0.3 is 5.97 Å². The van der Waals surface area contributed by atoms with Gasteiger partial charge in [-0.05, 0) is 52.5 Å². The molecule has 0 aliphatic carbocycles. The van der Waals surface area contributed by atoms with E-state index in [-0.39, 0.29) is 6.42 Å². The first-order valence-corrected chi connectivity index (χ1v) is 6.42. The van der Waals surface area contributed by atoms with Gasteiger partial charge in [0.1, 0.15) is 0 Å². The van der Waals surface area contributed by atoms with Crippen molar-refractivity contribution in [3.8, 4) is 0 Å². The molecule has 0 saturated carbocycles. The second-order valence-electron chi connectivity index (χ2n) is 3.85. The second-order valence-corrected chi connectivity index (χ2v) is 5.08. The quantitative estimate of drug-likeness (QED) is 0.896. The number of nitrogens with one attached hydrogen (secondary N) is 1. The highest BCUT2D eigenvalue weighted by Crippen LogP contribution is 2.29. The van der Waals surface area contributed by atoms with E-state index in [4.69, 9.17) is 16.7 Å². The van der Waals surface area contributed by atoms with Crippen LogP contribution in [0.1, 0.15) is 18.4 Å². The van der Waals surface area contributed by atoms with Gasteiger partial charge < -0.3 is 10.1 Å². The molecule has 0 amide bonds. The number of carboxylic acids is 1. The molecule has 1 aromatic heterocycles. The van der Waals surface area contributed by atoms with Gasteiger partial charge in [-0.1, -0.05) is 11.6 Å². The number of aromatic amines is 1. The van der Waals surface area contributed by atoms with Crippen molar-refractivity contribution in [2.45, 2.75) is 19.3 Å². The molecule has 5 heteroatoms. The van der Waals surface area contributed by atoms with Crippen LogP contribution in [0.4, 0.5) is 0 Å². The molecule has 1 heterocycles. The Kier molecular flexibility index (Phi) is 3.74. The van der Waals surface area contributed by atoms with E-state index in [9.17, 15) is 4.79 Å². The zero-order valence-corrected chi connectivity index (χ0v) is 11.3. The highest BCUT2D eigenvalue weighted by Gasteiger charge is 2.10. The summed E-state index contributed by atoms with van der Waals surface area (Å²) in [6.07, 6.45) is 1.51. The molecule has 3 nitrogen and oxygen atoms in total. The topological polar surface area (TPSA) is 53.1 Å². The molecule has 2 N–H and O–H groups in total. The smallest absolute Gasteiger partial charge is 0.303 e. The number of carbonyl (C=O) groups is 1. The largest absolute Gasteiger partial charge is 0.481 e. The summed E-state index contributed by atoms with van der Waals surface area (Å²) in [5, 5.41) is 10.4. The van der Waals surface area contributed by atoms with E-state index in [1.165, 1.54) is 0 Å². The normalized spacial score (nSPS) is 10.9. The standard InChI is InChI=1S/C12H11BrClNO2/c13-12-8(2-1-3-11(16)17)9-6-7(14)4-5-10(9)15-12/h4-6,15H,1-3H2,(H,16,17). The van der Waals surface area contributed by atoms with Crippen LogP contribution in [-0.2, 0) is 11.2 Å². The lowest BCUT2D eigenvalue weighted by Crippen LogP contribution is -1.95. The highest BCUT2D eigenvalue weighted by molar-refractivity contribution is 9.10. The maximum absolute atomic E-state index is 10.5. The minimum absolute atomic E-state index is 0.180. The molecule has 0 bridgehead atoms. The van der Waals surface area contributed by atoms with Crippen LogP contribution in [0.5, 0.6) is 0 Å². The molecule has 1 aromatic carbocycles. The first-order valence-electron chi connectivity index (χ1n) is 5.25. The van der Waals surface area contributed by atoms with Crippen LogP contribution < -0.4 is 0 Å². The van der Waals surface area contributed by atoms with Crippen molar-refractivity contribution in [3.63, 3.8) is 0 Å². The summed E-state index contributed by atoms with van der Waals surface area (Å²) >= 11 is 9.42. The van der Waals surface area contributed by atoms with Crippen molar-refractivity contribution in [1.29, 1.82) is 0 Å². The number of halogens is 2. The van der Waals surface area contributed by atoms with E-state index in [0.29, 0.717) is 17.9 Å². The zero-order valence-electron chi connectivity index (χ0n) is 8.96. The Balaban J connectivity index is 2.28. The average Bonchev–Trinajstić information content (AvgIpc) is 2.55. The van der Waals surface area contributed by atoms with Gasteiger partial charge in [0, 0.05) is 22.3 Å². The van der Waals surface area contributed by atoms with Crippen molar-refractivity contribution >= 4 is 44.4 Å². The average molecular weight is 317 g/mol. The van der Waals surface area contributed by atoms with Gasteiger partial charge in [0.2, 0.25) is 0 Å². The Morgan fingerprint density at radius 3 is 2.94 bits per heavy atom. The van der Waals surface area contributed by atoms with Crippen LogP contribution >= 0.6 is 27.5 Å².